The Kier molecular flexibility index (Phi) is 4.33. The number of rotatable bonds is 1. The quantitative estimate of drug-likeness (QED) is 0.706. The van der Waals surface area contributed by atoms with E-state index >= 15 is 0 Å². The molecule has 4 aliphatic carbocycles. The van der Waals surface area contributed by atoms with Crippen LogP contribution in [0, 0.1) is 34.5 Å². The van der Waals surface area contributed by atoms with Crippen molar-refractivity contribution in [2.45, 2.75) is 71.3 Å². The molecule has 1 unspecified atom stereocenters. The minimum absolute atomic E-state index is 0.0523. The molecular weight excluding hydrogens is 338 g/mol. The van der Waals surface area contributed by atoms with E-state index in [1.807, 2.05) is 0 Å². The standard InChI is InChI=1S/C23H35NO3/c1-22-8-7-19-17(18(22)5-6-21(22)26)4-3-15-13-16(25)14-20(23(15,19)2)24-9-11-27-12-10-24/h15,17-20H,3-14H2,1-2H3/t15-,17-,18-,19-,20?,22-,23-/m0/s1. The first-order valence-electron chi connectivity index (χ1n) is 11.3. The molecule has 0 amide bonds. The van der Waals surface area contributed by atoms with E-state index in [0.29, 0.717) is 41.3 Å². The molecule has 5 aliphatic rings. The number of carbonyl (C=O) groups is 2. The molecule has 0 aromatic carbocycles. The van der Waals surface area contributed by atoms with E-state index in [1.165, 1.54) is 19.3 Å². The van der Waals surface area contributed by atoms with Crippen molar-refractivity contribution in [3.05, 3.63) is 0 Å². The van der Waals surface area contributed by atoms with Gasteiger partial charge in [0, 0.05) is 43.8 Å². The van der Waals surface area contributed by atoms with Gasteiger partial charge in [0.2, 0.25) is 0 Å². The van der Waals surface area contributed by atoms with Gasteiger partial charge in [-0.05, 0) is 61.2 Å². The molecule has 1 saturated heterocycles. The summed E-state index contributed by atoms with van der Waals surface area (Å²) in [7, 11) is 0. The molecule has 0 aromatic heterocycles. The van der Waals surface area contributed by atoms with Gasteiger partial charge >= 0.3 is 0 Å². The number of fused-ring (bicyclic) bond motifs is 5. The van der Waals surface area contributed by atoms with E-state index in [9.17, 15) is 9.59 Å². The second-order valence-electron chi connectivity index (χ2n) is 10.5. The molecule has 4 saturated carbocycles. The van der Waals surface area contributed by atoms with Crippen LogP contribution >= 0.6 is 0 Å². The zero-order valence-electron chi connectivity index (χ0n) is 17.0. The number of hydrogen-bond donors (Lipinski definition) is 0. The molecule has 0 bridgehead atoms. The summed E-state index contributed by atoms with van der Waals surface area (Å²) in [6.07, 6.45) is 8.12. The highest BCUT2D eigenvalue weighted by Crippen LogP contribution is 2.65. The normalized spacial score (nSPS) is 50.8. The number of morpholine rings is 1. The van der Waals surface area contributed by atoms with Crippen molar-refractivity contribution >= 4 is 11.6 Å². The number of nitrogens with zero attached hydrogens (tertiary/aromatic N) is 1. The fourth-order valence-electron chi connectivity index (χ4n) is 8.29. The summed E-state index contributed by atoms with van der Waals surface area (Å²) in [5.74, 6) is 3.50. The van der Waals surface area contributed by atoms with Gasteiger partial charge < -0.3 is 4.74 Å². The van der Waals surface area contributed by atoms with Crippen molar-refractivity contribution in [3.63, 3.8) is 0 Å². The Labute approximate surface area is 163 Å². The molecule has 0 N–H and O–H groups in total. The van der Waals surface area contributed by atoms with Gasteiger partial charge in [0.1, 0.15) is 11.6 Å². The molecule has 0 radical (unpaired) electrons. The second kappa shape index (κ2) is 6.38. The number of ether oxygens (including phenoxy) is 1. The highest BCUT2D eigenvalue weighted by Gasteiger charge is 2.63. The summed E-state index contributed by atoms with van der Waals surface area (Å²) < 4.78 is 5.61. The number of hydrogen-bond acceptors (Lipinski definition) is 4. The Balaban J connectivity index is 1.50. The molecule has 150 valence electrons. The van der Waals surface area contributed by atoms with Crippen LogP contribution < -0.4 is 0 Å². The summed E-state index contributed by atoms with van der Waals surface area (Å²) in [6, 6.07) is 0.377. The van der Waals surface area contributed by atoms with Crippen LogP contribution in [0.1, 0.15) is 65.2 Å². The van der Waals surface area contributed by atoms with Crippen LogP contribution in [0.25, 0.3) is 0 Å². The first-order chi connectivity index (χ1) is 12.9. The molecule has 27 heavy (non-hydrogen) atoms. The predicted octanol–water partition coefficient (Wildman–Crippen LogP) is 3.48. The van der Waals surface area contributed by atoms with Crippen LogP contribution in [0.5, 0.6) is 0 Å². The fraction of sp³-hybridized carbons (Fsp3) is 0.913. The van der Waals surface area contributed by atoms with E-state index in [2.05, 4.69) is 18.7 Å². The maximum atomic E-state index is 12.7. The highest BCUT2D eigenvalue weighted by atomic mass is 16.5. The molecule has 1 heterocycles. The molecule has 5 fully saturated rings. The van der Waals surface area contributed by atoms with E-state index in [-0.39, 0.29) is 10.8 Å². The zero-order chi connectivity index (χ0) is 18.8. The Bertz CT molecular complexity index is 642. The topological polar surface area (TPSA) is 46.6 Å². The van der Waals surface area contributed by atoms with Gasteiger partial charge in [0.05, 0.1) is 13.2 Å². The van der Waals surface area contributed by atoms with Crippen LogP contribution in [-0.4, -0.2) is 48.8 Å². The van der Waals surface area contributed by atoms with Gasteiger partial charge in [0.15, 0.2) is 0 Å². The SMILES string of the molecule is C[C@]12C(N3CCOCC3)CC(=O)C[C@@H]1CC[C@@H]1[C@@H]2CC[C@]2(C)C(=O)CC[C@@H]12. The van der Waals surface area contributed by atoms with Gasteiger partial charge in [-0.15, -0.1) is 0 Å². The molecule has 5 rings (SSSR count). The lowest BCUT2D eigenvalue weighted by Gasteiger charge is -2.63. The van der Waals surface area contributed by atoms with Gasteiger partial charge in [-0.3, -0.25) is 14.5 Å². The Morgan fingerprint density at radius 1 is 0.963 bits per heavy atom. The van der Waals surface area contributed by atoms with Gasteiger partial charge in [-0.2, -0.15) is 0 Å². The third-order valence-electron chi connectivity index (χ3n) is 9.77. The molecule has 4 heteroatoms. The predicted molar refractivity (Wildman–Crippen MR) is 103 cm³/mol. The zero-order valence-corrected chi connectivity index (χ0v) is 17.0. The number of ketones is 2. The third kappa shape index (κ3) is 2.55. The largest absolute Gasteiger partial charge is 0.379 e. The average Bonchev–Trinajstić information content (AvgIpc) is 2.97. The maximum Gasteiger partial charge on any atom is 0.139 e. The van der Waals surface area contributed by atoms with Crippen LogP contribution in [0.15, 0.2) is 0 Å². The third-order valence-corrected chi connectivity index (χ3v) is 9.77. The Morgan fingerprint density at radius 3 is 2.52 bits per heavy atom. The van der Waals surface area contributed by atoms with E-state index < -0.39 is 0 Å². The maximum absolute atomic E-state index is 12.7. The average molecular weight is 374 g/mol. The van der Waals surface area contributed by atoms with Crippen molar-refractivity contribution in [1.29, 1.82) is 0 Å². The first kappa shape index (κ1) is 18.3. The fourth-order valence-corrected chi connectivity index (χ4v) is 8.29. The van der Waals surface area contributed by atoms with Crippen molar-refractivity contribution in [2.24, 2.45) is 34.5 Å². The van der Waals surface area contributed by atoms with Gasteiger partial charge in [0.25, 0.3) is 0 Å². The van der Waals surface area contributed by atoms with E-state index in [4.69, 9.17) is 4.74 Å². The summed E-state index contributed by atoms with van der Waals surface area (Å²) in [4.78, 5) is 27.9. The minimum atomic E-state index is -0.0523. The first-order valence-corrected chi connectivity index (χ1v) is 11.3. The van der Waals surface area contributed by atoms with Gasteiger partial charge in [-0.1, -0.05) is 13.8 Å². The van der Waals surface area contributed by atoms with Crippen molar-refractivity contribution < 1.29 is 14.3 Å². The summed E-state index contributed by atoms with van der Waals surface area (Å²) in [5.41, 5.74) is 0.171. The van der Waals surface area contributed by atoms with Gasteiger partial charge in [-0.25, -0.2) is 0 Å². The molecule has 0 aromatic rings. The monoisotopic (exact) mass is 373 g/mol. The van der Waals surface area contributed by atoms with E-state index in [1.54, 1.807) is 0 Å². The minimum Gasteiger partial charge on any atom is -0.379 e. The lowest BCUT2D eigenvalue weighted by Crippen LogP contribution is -2.64. The van der Waals surface area contributed by atoms with E-state index in [0.717, 1.165) is 58.4 Å². The summed E-state index contributed by atoms with van der Waals surface area (Å²) in [6.45, 7) is 8.33. The lowest BCUT2D eigenvalue weighted by molar-refractivity contribution is -0.165. The molecular formula is C23H35NO3. The summed E-state index contributed by atoms with van der Waals surface area (Å²) >= 11 is 0. The molecule has 4 nitrogen and oxygen atoms in total. The van der Waals surface area contributed by atoms with Crippen LogP contribution in [-0.2, 0) is 14.3 Å². The van der Waals surface area contributed by atoms with Crippen LogP contribution in [0.4, 0.5) is 0 Å². The van der Waals surface area contributed by atoms with Crippen molar-refractivity contribution in [1.82, 2.24) is 4.90 Å². The summed E-state index contributed by atoms with van der Waals surface area (Å²) in [5, 5.41) is 0. The smallest absolute Gasteiger partial charge is 0.139 e. The second-order valence-corrected chi connectivity index (χ2v) is 10.5. The van der Waals surface area contributed by atoms with Crippen LogP contribution in [0.3, 0.4) is 0 Å². The Morgan fingerprint density at radius 2 is 1.74 bits per heavy atom. The van der Waals surface area contributed by atoms with Crippen molar-refractivity contribution in [3.8, 4) is 0 Å². The Hall–Kier alpha value is -0.740. The molecule has 0 spiro atoms. The van der Waals surface area contributed by atoms with Crippen LogP contribution in [0.2, 0.25) is 0 Å². The molecule has 1 aliphatic heterocycles. The highest BCUT2D eigenvalue weighted by molar-refractivity contribution is 5.87. The molecule has 7 atom stereocenters. The number of Topliss-reactive ketones (excluding diaryl/α,β-unsaturated/α-hetero) is 2. The number of carbonyl (C=O) groups excluding carboxylic acids is 2. The lowest BCUT2D eigenvalue weighted by atomic mass is 9.44. The van der Waals surface area contributed by atoms with Crippen molar-refractivity contribution in [2.75, 3.05) is 26.3 Å².